The maximum atomic E-state index is 12.9. The lowest BCUT2D eigenvalue weighted by molar-refractivity contribution is -0.115. The summed E-state index contributed by atoms with van der Waals surface area (Å²) in [4.78, 5) is 28.5. The summed E-state index contributed by atoms with van der Waals surface area (Å²) in [5.41, 5.74) is 1.48. The van der Waals surface area contributed by atoms with Crippen LogP contribution in [0, 0.1) is 5.82 Å². The van der Waals surface area contributed by atoms with Crippen molar-refractivity contribution in [3.8, 4) is 5.75 Å². The predicted molar refractivity (Wildman–Crippen MR) is 102 cm³/mol. The van der Waals surface area contributed by atoms with Crippen molar-refractivity contribution in [2.24, 2.45) is 0 Å². The zero-order valence-electron chi connectivity index (χ0n) is 14.4. The Morgan fingerprint density at radius 3 is 2.67 bits per heavy atom. The number of ether oxygens (including phenoxy) is 1. The Morgan fingerprint density at radius 1 is 1.15 bits per heavy atom. The molecule has 2 amide bonds. The average Bonchev–Trinajstić information content (AvgIpc) is 3.08. The van der Waals surface area contributed by atoms with Crippen LogP contribution in [-0.2, 0) is 11.2 Å². The molecule has 0 aliphatic rings. The number of methoxy groups -OCH3 is 1. The molecule has 138 valence electrons. The van der Waals surface area contributed by atoms with E-state index in [0.717, 1.165) is 0 Å². The number of thiazole rings is 1. The van der Waals surface area contributed by atoms with Gasteiger partial charge in [-0.1, -0.05) is 6.07 Å². The summed E-state index contributed by atoms with van der Waals surface area (Å²) in [5, 5.41) is 7.47. The number of anilines is 2. The van der Waals surface area contributed by atoms with E-state index in [1.807, 2.05) is 0 Å². The number of nitrogens with zero attached hydrogens (tertiary/aromatic N) is 1. The van der Waals surface area contributed by atoms with Gasteiger partial charge in [-0.15, -0.1) is 11.3 Å². The van der Waals surface area contributed by atoms with E-state index >= 15 is 0 Å². The lowest BCUT2D eigenvalue weighted by Gasteiger charge is -2.06. The van der Waals surface area contributed by atoms with Crippen molar-refractivity contribution >= 4 is 34.0 Å². The van der Waals surface area contributed by atoms with Gasteiger partial charge in [-0.2, -0.15) is 0 Å². The van der Waals surface area contributed by atoms with Gasteiger partial charge in [0, 0.05) is 22.7 Å². The van der Waals surface area contributed by atoms with Crippen LogP contribution in [0.2, 0.25) is 0 Å². The van der Waals surface area contributed by atoms with Gasteiger partial charge in [0.25, 0.3) is 5.91 Å². The molecule has 6 nitrogen and oxygen atoms in total. The van der Waals surface area contributed by atoms with E-state index in [1.165, 1.54) is 35.6 Å². The molecule has 1 aromatic heterocycles. The molecule has 27 heavy (non-hydrogen) atoms. The molecule has 0 aliphatic heterocycles. The van der Waals surface area contributed by atoms with E-state index < -0.39 is 11.7 Å². The largest absolute Gasteiger partial charge is 0.497 e. The van der Waals surface area contributed by atoms with Crippen LogP contribution in [0.5, 0.6) is 5.75 Å². The first kappa shape index (κ1) is 18.5. The van der Waals surface area contributed by atoms with Crippen molar-refractivity contribution in [1.82, 2.24) is 4.98 Å². The van der Waals surface area contributed by atoms with Crippen LogP contribution in [0.4, 0.5) is 15.2 Å². The molecule has 0 bridgehead atoms. The number of rotatable bonds is 6. The summed E-state index contributed by atoms with van der Waals surface area (Å²) in [6, 6.07) is 12.2. The Kier molecular flexibility index (Phi) is 5.77. The summed E-state index contributed by atoms with van der Waals surface area (Å²) in [6.07, 6.45) is 0.0696. The normalized spacial score (nSPS) is 10.3. The van der Waals surface area contributed by atoms with E-state index in [1.54, 1.807) is 36.8 Å². The highest BCUT2D eigenvalue weighted by Gasteiger charge is 2.12. The van der Waals surface area contributed by atoms with Gasteiger partial charge < -0.3 is 10.1 Å². The molecule has 0 saturated carbocycles. The number of carbonyl (C=O) groups is 2. The quantitative estimate of drug-likeness (QED) is 0.678. The Hall–Kier alpha value is -3.26. The van der Waals surface area contributed by atoms with Gasteiger partial charge in [-0.05, 0) is 36.4 Å². The van der Waals surface area contributed by atoms with Crippen molar-refractivity contribution in [3.63, 3.8) is 0 Å². The minimum Gasteiger partial charge on any atom is -0.497 e. The Balaban J connectivity index is 1.57. The number of hydrogen-bond donors (Lipinski definition) is 2. The van der Waals surface area contributed by atoms with Crippen LogP contribution >= 0.6 is 11.3 Å². The van der Waals surface area contributed by atoms with Crippen LogP contribution in [0.3, 0.4) is 0 Å². The second-order valence-electron chi connectivity index (χ2n) is 5.56. The molecule has 8 heteroatoms. The zero-order valence-corrected chi connectivity index (χ0v) is 15.2. The summed E-state index contributed by atoms with van der Waals surface area (Å²) in [5.74, 6) is -0.390. The van der Waals surface area contributed by atoms with Gasteiger partial charge in [0.2, 0.25) is 5.91 Å². The molecular weight excluding hydrogens is 369 g/mol. The maximum Gasteiger partial charge on any atom is 0.257 e. The Labute approximate surface area is 159 Å². The minimum atomic E-state index is -0.412. The highest BCUT2D eigenvalue weighted by Crippen LogP contribution is 2.19. The van der Waals surface area contributed by atoms with Crippen LogP contribution in [-0.4, -0.2) is 23.9 Å². The van der Waals surface area contributed by atoms with E-state index in [0.29, 0.717) is 27.8 Å². The van der Waals surface area contributed by atoms with E-state index in [4.69, 9.17) is 4.74 Å². The van der Waals surface area contributed by atoms with Crippen molar-refractivity contribution < 1.29 is 18.7 Å². The fourth-order valence-corrected chi connectivity index (χ4v) is 2.99. The first-order chi connectivity index (χ1) is 13.0. The predicted octanol–water partition coefficient (Wildman–Crippen LogP) is 3.72. The number of aromatic nitrogens is 1. The highest BCUT2D eigenvalue weighted by atomic mass is 32.1. The number of carbonyl (C=O) groups excluding carboxylic acids is 2. The first-order valence-corrected chi connectivity index (χ1v) is 8.86. The molecule has 0 fully saturated rings. The van der Waals surface area contributed by atoms with Crippen LogP contribution in [0.25, 0.3) is 0 Å². The topological polar surface area (TPSA) is 80.3 Å². The number of amides is 2. The molecule has 0 radical (unpaired) electrons. The Bertz CT molecular complexity index is 957. The fraction of sp³-hybridized carbons (Fsp3) is 0.105. The van der Waals surface area contributed by atoms with Gasteiger partial charge in [0.15, 0.2) is 5.13 Å². The number of halogens is 1. The fourth-order valence-electron chi connectivity index (χ4n) is 2.29. The van der Waals surface area contributed by atoms with Crippen molar-refractivity contribution in [1.29, 1.82) is 0 Å². The smallest absolute Gasteiger partial charge is 0.257 e. The second kappa shape index (κ2) is 8.41. The maximum absolute atomic E-state index is 12.9. The average molecular weight is 385 g/mol. The van der Waals surface area contributed by atoms with Crippen LogP contribution < -0.4 is 15.4 Å². The molecule has 0 spiro atoms. The number of nitrogens with one attached hydrogen (secondary N) is 2. The highest BCUT2D eigenvalue weighted by molar-refractivity contribution is 7.14. The lowest BCUT2D eigenvalue weighted by Crippen LogP contribution is -2.15. The summed E-state index contributed by atoms with van der Waals surface area (Å²) in [6.45, 7) is 0. The second-order valence-corrected chi connectivity index (χ2v) is 6.42. The van der Waals surface area contributed by atoms with Crippen molar-refractivity contribution in [2.75, 3.05) is 17.7 Å². The summed E-state index contributed by atoms with van der Waals surface area (Å²) >= 11 is 1.21. The minimum absolute atomic E-state index is 0.0696. The molecular formula is C19H16FN3O3S. The molecule has 2 N–H and O–H groups in total. The number of hydrogen-bond acceptors (Lipinski definition) is 5. The monoisotopic (exact) mass is 385 g/mol. The van der Waals surface area contributed by atoms with Gasteiger partial charge in [-0.3, -0.25) is 14.9 Å². The molecule has 0 aliphatic carbocycles. The van der Waals surface area contributed by atoms with Gasteiger partial charge in [0.05, 0.1) is 19.2 Å². The summed E-state index contributed by atoms with van der Waals surface area (Å²) in [7, 11) is 1.55. The third-order valence-electron chi connectivity index (χ3n) is 3.57. The SMILES string of the molecule is COc1cccc(NC(=O)Cc2csc(NC(=O)c3ccc(F)cc3)n2)c1. The Morgan fingerprint density at radius 2 is 1.93 bits per heavy atom. The van der Waals surface area contributed by atoms with Gasteiger partial charge in [-0.25, -0.2) is 9.37 Å². The van der Waals surface area contributed by atoms with Gasteiger partial charge in [0.1, 0.15) is 11.6 Å². The summed E-state index contributed by atoms with van der Waals surface area (Å²) < 4.78 is 18.0. The molecule has 2 aromatic carbocycles. The third kappa shape index (κ3) is 5.11. The van der Waals surface area contributed by atoms with E-state index in [9.17, 15) is 14.0 Å². The van der Waals surface area contributed by atoms with Crippen LogP contribution in [0.1, 0.15) is 16.1 Å². The lowest BCUT2D eigenvalue weighted by atomic mass is 10.2. The molecule has 0 unspecified atom stereocenters. The van der Waals surface area contributed by atoms with E-state index in [-0.39, 0.29) is 12.3 Å². The molecule has 3 aromatic rings. The standard InChI is InChI=1S/C19H16FN3O3S/c1-26-16-4-2-3-14(9-16)21-17(24)10-15-11-27-19(22-15)23-18(25)12-5-7-13(20)8-6-12/h2-9,11H,10H2,1H3,(H,21,24)(H,22,23,25). The molecule has 0 saturated heterocycles. The number of benzene rings is 2. The van der Waals surface area contributed by atoms with Crippen LogP contribution in [0.15, 0.2) is 53.9 Å². The van der Waals surface area contributed by atoms with Crippen molar-refractivity contribution in [2.45, 2.75) is 6.42 Å². The molecule has 1 heterocycles. The molecule has 0 atom stereocenters. The molecule has 3 rings (SSSR count). The van der Waals surface area contributed by atoms with Crippen molar-refractivity contribution in [3.05, 3.63) is 71.0 Å². The third-order valence-corrected chi connectivity index (χ3v) is 4.38. The van der Waals surface area contributed by atoms with Gasteiger partial charge >= 0.3 is 0 Å². The first-order valence-electron chi connectivity index (χ1n) is 7.99. The van der Waals surface area contributed by atoms with E-state index in [2.05, 4.69) is 15.6 Å². The zero-order chi connectivity index (χ0) is 19.2.